The number of non-ortho nitro benzene ring substituents is 1. The number of fused-ring (bicyclic) bond motifs is 1. The maximum atomic E-state index is 11.1. The minimum Gasteiger partial charge on any atom is -0.532 e. The van der Waals surface area contributed by atoms with Crippen molar-refractivity contribution in [2.45, 2.75) is 64.9 Å². The van der Waals surface area contributed by atoms with Crippen LogP contribution >= 0.6 is 0 Å². The van der Waals surface area contributed by atoms with Crippen molar-refractivity contribution in [3.63, 3.8) is 0 Å². The lowest BCUT2D eigenvalue weighted by Gasteiger charge is -2.36. The third-order valence-corrected chi connectivity index (χ3v) is 9.42. The summed E-state index contributed by atoms with van der Waals surface area (Å²) in [4.78, 5) is 10.7. The summed E-state index contributed by atoms with van der Waals surface area (Å²) >= 11 is 0. The lowest BCUT2D eigenvalue weighted by atomic mass is 10.2. The molecule has 1 N–H and O–H groups in total. The summed E-state index contributed by atoms with van der Waals surface area (Å²) in [6.45, 7) is 13.1. The zero-order chi connectivity index (χ0) is 19.0. The molecule has 25 heavy (non-hydrogen) atoms. The summed E-state index contributed by atoms with van der Waals surface area (Å²) in [5, 5.41) is 22.2. The Labute approximate surface area is 149 Å². The van der Waals surface area contributed by atoms with Crippen LogP contribution in [0, 0.1) is 10.1 Å². The molecular weight excluding hydrogens is 336 g/mol. The molecule has 0 aliphatic rings. The summed E-state index contributed by atoms with van der Waals surface area (Å²) in [7, 11) is -2.07. The van der Waals surface area contributed by atoms with E-state index in [0.717, 1.165) is 10.9 Å². The summed E-state index contributed by atoms with van der Waals surface area (Å²) in [6, 6.07) is 6.71. The first-order chi connectivity index (χ1) is 11.5. The second-order valence-corrected chi connectivity index (χ2v) is 12.7. The molecule has 1 aromatic carbocycles. The number of hydrogen-bond acceptors (Lipinski definition) is 4. The highest BCUT2D eigenvalue weighted by Gasteiger charge is 2.39. The first kappa shape index (κ1) is 19.5. The van der Waals surface area contributed by atoms with E-state index in [0.29, 0.717) is 18.8 Å². The van der Waals surface area contributed by atoms with Crippen molar-refractivity contribution in [1.29, 1.82) is 0 Å². The van der Waals surface area contributed by atoms with Gasteiger partial charge in [0.05, 0.1) is 23.1 Å². The molecule has 0 bridgehead atoms. The topological polar surface area (TPSA) is 77.5 Å². The van der Waals surface area contributed by atoms with Crippen molar-refractivity contribution < 1.29 is 14.5 Å². The SMILES string of the molecule is CC[C@H](O)Cn1c(O[Si](C)(C)C(C)(C)C)cc2ccc([N+](=O)[O-])cc21. The summed E-state index contributed by atoms with van der Waals surface area (Å²) in [6.07, 6.45) is 0.0744. The molecule has 2 rings (SSSR count). The molecule has 0 saturated heterocycles. The van der Waals surface area contributed by atoms with E-state index in [1.807, 2.05) is 17.6 Å². The van der Waals surface area contributed by atoms with E-state index in [-0.39, 0.29) is 10.7 Å². The quantitative estimate of drug-likeness (QED) is 0.458. The molecule has 6 nitrogen and oxygen atoms in total. The van der Waals surface area contributed by atoms with Crippen LogP contribution in [0.4, 0.5) is 5.69 Å². The highest BCUT2D eigenvalue weighted by Crippen LogP contribution is 2.39. The summed E-state index contributed by atoms with van der Waals surface area (Å²) < 4.78 is 8.32. The third-order valence-electron chi connectivity index (χ3n) is 5.09. The number of nitro groups is 1. The first-order valence-electron chi connectivity index (χ1n) is 8.61. The Morgan fingerprint density at radius 3 is 2.48 bits per heavy atom. The second kappa shape index (κ2) is 6.80. The second-order valence-electron chi connectivity index (χ2n) is 8.02. The van der Waals surface area contributed by atoms with Crippen molar-refractivity contribution in [2.75, 3.05) is 0 Å². The van der Waals surface area contributed by atoms with Gasteiger partial charge in [-0.25, -0.2) is 0 Å². The number of benzene rings is 1. The Balaban J connectivity index is 2.58. The maximum absolute atomic E-state index is 11.1. The van der Waals surface area contributed by atoms with Gasteiger partial charge >= 0.3 is 0 Å². The fraction of sp³-hybridized carbons (Fsp3) is 0.556. The van der Waals surface area contributed by atoms with E-state index in [2.05, 4.69) is 33.9 Å². The molecule has 1 aromatic heterocycles. The first-order valence-corrected chi connectivity index (χ1v) is 11.5. The monoisotopic (exact) mass is 364 g/mol. The van der Waals surface area contributed by atoms with Crippen LogP contribution in [0.3, 0.4) is 0 Å². The van der Waals surface area contributed by atoms with E-state index in [1.54, 1.807) is 12.1 Å². The van der Waals surface area contributed by atoms with Gasteiger partial charge in [0.1, 0.15) is 0 Å². The van der Waals surface area contributed by atoms with Gasteiger partial charge in [-0.15, -0.1) is 0 Å². The van der Waals surface area contributed by atoms with Crippen molar-refractivity contribution in [3.05, 3.63) is 34.4 Å². The smallest absolute Gasteiger partial charge is 0.271 e. The van der Waals surface area contributed by atoms with Crippen molar-refractivity contribution in [2.24, 2.45) is 0 Å². The minimum absolute atomic E-state index is 0.0314. The minimum atomic E-state index is -2.07. The van der Waals surface area contributed by atoms with Crippen LogP contribution in [-0.4, -0.2) is 29.0 Å². The fourth-order valence-corrected chi connectivity index (χ4v) is 3.36. The van der Waals surface area contributed by atoms with E-state index in [4.69, 9.17) is 4.43 Å². The molecule has 0 radical (unpaired) electrons. The number of nitrogens with zero attached hydrogens (tertiary/aromatic N) is 2. The lowest BCUT2D eigenvalue weighted by molar-refractivity contribution is -0.384. The Morgan fingerprint density at radius 1 is 1.32 bits per heavy atom. The van der Waals surface area contributed by atoms with Gasteiger partial charge in [0.25, 0.3) is 14.0 Å². The predicted octanol–water partition coefficient (Wildman–Crippen LogP) is 4.70. The van der Waals surface area contributed by atoms with Crippen LogP contribution in [0.2, 0.25) is 18.1 Å². The normalized spacial score (nSPS) is 13.9. The highest BCUT2D eigenvalue weighted by atomic mass is 28.4. The molecule has 7 heteroatoms. The van der Waals surface area contributed by atoms with E-state index in [1.165, 1.54) is 6.07 Å². The van der Waals surface area contributed by atoms with Gasteiger partial charge in [-0.05, 0) is 30.6 Å². The van der Waals surface area contributed by atoms with Gasteiger partial charge in [-0.1, -0.05) is 27.7 Å². The zero-order valence-electron chi connectivity index (χ0n) is 15.9. The molecule has 0 aliphatic heterocycles. The Morgan fingerprint density at radius 2 is 1.96 bits per heavy atom. The van der Waals surface area contributed by atoms with Crippen molar-refractivity contribution >= 4 is 24.9 Å². The molecule has 0 amide bonds. The van der Waals surface area contributed by atoms with E-state index < -0.39 is 19.3 Å². The van der Waals surface area contributed by atoms with Crippen molar-refractivity contribution in [1.82, 2.24) is 4.57 Å². The molecule has 1 atom stereocenters. The number of aromatic nitrogens is 1. The fourth-order valence-electron chi connectivity index (χ4n) is 2.36. The van der Waals surface area contributed by atoms with Crippen LogP contribution in [0.5, 0.6) is 5.88 Å². The van der Waals surface area contributed by atoms with Gasteiger partial charge in [0.15, 0.2) is 5.88 Å². The number of rotatable bonds is 6. The van der Waals surface area contributed by atoms with Gasteiger partial charge in [-0.2, -0.15) is 0 Å². The zero-order valence-corrected chi connectivity index (χ0v) is 16.9. The molecule has 0 spiro atoms. The van der Waals surface area contributed by atoms with Crippen LogP contribution in [0.1, 0.15) is 34.1 Å². The number of hydrogen-bond donors (Lipinski definition) is 1. The van der Waals surface area contributed by atoms with Crippen LogP contribution in [-0.2, 0) is 6.54 Å². The molecule has 0 aliphatic carbocycles. The van der Waals surface area contributed by atoms with E-state index >= 15 is 0 Å². The largest absolute Gasteiger partial charge is 0.532 e. The molecule has 2 aromatic rings. The molecule has 138 valence electrons. The highest BCUT2D eigenvalue weighted by molar-refractivity contribution is 6.74. The summed E-state index contributed by atoms with van der Waals surface area (Å²) in [5.74, 6) is 0.676. The van der Waals surface area contributed by atoms with E-state index in [9.17, 15) is 15.2 Å². The molecular formula is C18H28N2O4Si. The van der Waals surface area contributed by atoms with Crippen LogP contribution in [0.25, 0.3) is 10.9 Å². The van der Waals surface area contributed by atoms with Crippen molar-refractivity contribution in [3.8, 4) is 5.88 Å². The predicted molar refractivity (Wildman–Crippen MR) is 103 cm³/mol. The molecule has 1 heterocycles. The number of aliphatic hydroxyl groups excluding tert-OH is 1. The lowest BCUT2D eigenvalue weighted by Crippen LogP contribution is -2.44. The van der Waals surface area contributed by atoms with Crippen LogP contribution in [0.15, 0.2) is 24.3 Å². The third kappa shape index (κ3) is 4.04. The maximum Gasteiger partial charge on any atom is 0.271 e. The number of nitro benzene ring substituents is 1. The Hall–Kier alpha value is -1.86. The van der Waals surface area contributed by atoms with Gasteiger partial charge < -0.3 is 14.1 Å². The standard InChI is InChI=1S/C18H28N2O4Si/c1-7-15(21)12-19-16-11-14(20(22)23)9-8-13(16)10-17(19)24-25(5,6)18(2,3)4/h8-11,15,21H,7,12H2,1-6H3/t15-/m0/s1. The summed E-state index contributed by atoms with van der Waals surface area (Å²) in [5.41, 5.74) is 0.757. The van der Waals surface area contributed by atoms with Crippen LogP contribution < -0.4 is 4.43 Å². The van der Waals surface area contributed by atoms with Gasteiger partial charge in [-0.3, -0.25) is 10.1 Å². The van der Waals surface area contributed by atoms with Gasteiger partial charge in [0.2, 0.25) is 0 Å². The molecule has 0 unspecified atom stereocenters. The average Bonchev–Trinajstić information content (AvgIpc) is 2.82. The molecule has 0 fully saturated rings. The average molecular weight is 365 g/mol. The number of aliphatic hydroxyl groups is 1. The van der Waals surface area contributed by atoms with Gasteiger partial charge in [0, 0.05) is 23.6 Å². The molecule has 0 saturated carbocycles. The Kier molecular flexibility index (Phi) is 5.29. The Bertz CT molecular complexity index is 777.